The van der Waals surface area contributed by atoms with Crippen LogP contribution in [0.25, 0.3) is 0 Å². The van der Waals surface area contributed by atoms with Gasteiger partial charge in [0.05, 0.1) is 12.1 Å². The standard InChI is InChI=1S/C17H17F4NO2/c18-16(19)17(20,21)24-13-8-6-12(7-9-13)15(22)14(23)10-11-4-2-1-3-5-11/h1-9,14-16,23H,10,22H2/t14-,15+/m1/s1. The van der Waals surface area contributed by atoms with Crippen molar-refractivity contribution >= 4 is 0 Å². The van der Waals surface area contributed by atoms with Gasteiger partial charge in [0.15, 0.2) is 0 Å². The number of halogens is 4. The Morgan fingerprint density at radius 1 is 1.00 bits per heavy atom. The van der Waals surface area contributed by atoms with Gasteiger partial charge in [0.1, 0.15) is 5.75 Å². The summed E-state index contributed by atoms with van der Waals surface area (Å²) in [5.74, 6) is -0.409. The van der Waals surface area contributed by atoms with Crippen molar-refractivity contribution in [3.8, 4) is 5.75 Å². The van der Waals surface area contributed by atoms with E-state index in [2.05, 4.69) is 4.74 Å². The molecule has 2 aromatic rings. The van der Waals surface area contributed by atoms with Crippen molar-refractivity contribution in [2.45, 2.75) is 31.1 Å². The highest BCUT2D eigenvalue weighted by Gasteiger charge is 2.43. The maximum atomic E-state index is 12.8. The molecule has 0 heterocycles. The smallest absolute Gasteiger partial charge is 0.428 e. The zero-order valence-corrected chi connectivity index (χ0v) is 12.6. The third-order valence-corrected chi connectivity index (χ3v) is 3.48. The van der Waals surface area contributed by atoms with Crippen LogP contribution in [0.2, 0.25) is 0 Å². The molecule has 0 aliphatic carbocycles. The van der Waals surface area contributed by atoms with Crippen LogP contribution in [0.4, 0.5) is 17.6 Å². The van der Waals surface area contributed by atoms with Gasteiger partial charge in [-0.2, -0.15) is 17.6 Å². The summed E-state index contributed by atoms with van der Waals surface area (Å²) in [6, 6.07) is 13.4. The van der Waals surface area contributed by atoms with Gasteiger partial charge in [-0.15, -0.1) is 0 Å². The summed E-state index contributed by atoms with van der Waals surface area (Å²) in [5.41, 5.74) is 7.33. The molecule has 0 saturated heterocycles. The number of benzene rings is 2. The number of alkyl halides is 4. The molecule has 130 valence electrons. The number of hydrogen-bond donors (Lipinski definition) is 2. The SMILES string of the molecule is N[C@@H](c1ccc(OC(F)(F)C(F)F)cc1)[C@H](O)Cc1ccccc1. The first-order valence-corrected chi connectivity index (χ1v) is 7.22. The molecule has 3 N–H and O–H groups in total. The van der Waals surface area contributed by atoms with E-state index in [1.807, 2.05) is 30.3 Å². The predicted molar refractivity (Wildman–Crippen MR) is 81.1 cm³/mol. The minimum Gasteiger partial charge on any atom is -0.428 e. The summed E-state index contributed by atoms with van der Waals surface area (Å²) in [7, 11) is 0. The van der Waals surface area contributed by atoms with Crippen LogP contribution >= 0.6 is 0 Å². The van der Waals surface area contributed by atoms with E-state index >= 15 is 0 Å². The van der Waals surface area contributed by atoms with Crippen LogP contribution in [0.15, 0.2) is 54.6 Å². The summed E-state index contributed by atoms with van der Waals surface area (Å²) in [5, 5.41) is 10.2. The molecular weight excluding hydrogens is 326 g/mol. The monoisotopic (exact) mass is 343 g/mol. The minimum absolute atomic E-state index is 0.323. The first-order chi connectivity index (χ1) is 11.3. The Balaban J connectivity index is 2.01. The van der Waals surface area contributed by atoms with E-state index in [4.69, 9.17) is 5.73 Å². The second kappa shape index (κ2) is 7.63. The van der Waals surface area contributed by atoms with E-state index in [1.165, 1.54) is 12.1 Å². The lowest BCUT2D eigenvalue weighted by Crippen LogP contribution is -2.33. The molecule has 0 aliphatic rings. The highest BCUT2D eigenvalue weighted by atomic mass is 19.3. The zero-order chi connectivity index (χ0) is 17.7. The lowest BCUT2D eigenvalue weighted by atomic mass is 9.97. The van der Waals surface area contributed by atoms with Gasteiger partial charge < -0.3 is 15.6 Å². The van der Waals surface area contributed by atoms with Gasteiger partial charge >= 0.3 is 12.5 Å². The summed E-state index contributed by atoms with van der Waals surface area (Å²) < 4.78 is 53.8. The Morgan fingerprint density at radius 2 is 1.58 bits per heavy atom. The molecule has 0 radical (unpaired) electrons. The average Bonchev–Trinajstić information content (AvgIpc) is 2.55. The summed E-state index contributed by atoms with van der Waals surface area (Å²) in [6.07, 6.45) is -9.05. The zero-order valence-electron chi connectivity index (χ0n) is 12.6. The van der Waals surface area contributed by atoms with Crippen LogP contribution in [0.3, 0.4) is 0 Å². The topological polar surface area (TPSA) is 55.5 Å². The third kappa shape index (κ3) is 4.69. The van der Waals surface area contributed by atoms with Crippen molar-refractivity contribution < 1.29 is 27.4 Å². The summed E-state index contributed by atoms with van der Waals surface area (Å²) >= 11 is 0. The number of aliphatic hydroxyl groups excluding tert-OH is 1. The van der Waals surface area contributed by atoms with E-state index in [0.29, 0.717) is 12.0 Å². The predicted octanol–water partition coefficient (Wildman–Crippen LogP) is 3.53. The first-order valence-electron chi connectivity index (χ1n) is 7.22. The molecule has 0 spiro atoms. The van der Waals surface area contributed by atoms with Crippen LogP contribution in [0.1, 0.15) is 17.2 Å². The van der Waals surface area contributed by atoms with Crippen molar-refractivity contribution in [1.29, 1.82) is 0 Å². The van der Waals surface area contributed by atoms with Crippen LogP contribution in [-0.2, 0) is 6.42 Å². The van der Waals surface area contributed by atoms with Crippen LogP contribution < -0.4 is 10.5 Å². The molecule has 0 aromatic heterocycles. The Morgan fingerprint density at radius 3 is 2.12 bits per heavy atom. The second-order valence-electron chi connectivity index (χ2n) is 5.32. The van der Waals surface area contributed by atoms with E-state index in [0.717, 1.165) is 17.7 Å². The van der Waals surface area contributed by atoms with E-state index in [1.54, 1.807) is 0 Å². The Kier molecular flexibility index (Phi) is 5.80. The van der Waals surface area contributed by atoms with Crippen molar-refractivity contribution in [2.75, 3.05) is 0 Å². The molecule has 0 amide bonds. The molecule has 0 saturated carbocycles. The fourth-order valence-electron chi connectivity index (χ4n) is 2.16. The Hall–Kier alpha value is -2.12. The third-order valence-electron chi connectivity index (χ3n) is 3.48. The minimum atomic E-state index is -4.56. The first kappa shape index (κ1) is 18.2. The molecule has 0 unspecified atom stereocenters. The molecule has 2 atom stereocenters. The van der Waals surface area contributed by atoms with E-state index in [9.17, 15) is 22.7 Å². The van der Waals surface area contributed by atoms with Gasteiger partial charge in [-0.3, -0.25) is 0 Å². The number of ether oxygens (including phenoxy) is 1. The molecule has 2 aromatic carbocycles. The van der Waals surface area contributed by atoms with Gasteiger partial charge in [0, 0.05) is 6.42 Å². The van der Waals surface area contributed by atoms with Gasteiger partial charge in [-0.05, 0) is 23.3 Å². The number of aliphatic hydroxyl groups is 1. The van der Waals surface area contributed by atoms with Crippen molar-refractivity contribution in [3.63, 3.8) is 0 Å². The summed E-state index contributed by atoms with van der Waals surface area (Å²) in [4.78, 5) is 0. The molecule has 3 nitrogen and oxygen atoms in total. The molecule has 24 heavy (non-hydrogen) atoms. The lowest BCUT2D eigenvalue weighted by molar-refractivity contribution is -0.253. The fraction of sp³-hybridized carbons (Fsp3) is 0.294. The van der Waals surface area contributed by atoms with Gasteiger partial charge in [-0.1, -0.05) is 42.5 Å². The van der Waals surface area contributed by atoms with Crippen LogP contribution in [0, 0.1) is 0 Å². The molecular formula is C17H17F4NO2. The van der Waals surface area contributed by atoms with Crippen molar-refractivity contribution in [3.05, 3.63) is 65.7 Å². The second-order valence-corrected chi connectivity index (χ2v) is 5.32. The highest BCUT2D eigenvalue weighted by Crippen LogP contribution is 2.28. The van der Waals surface area contributed by atoms with Gasteiger partial charge in [-0.25, -0.2) is 0 Å². The Bertz CT molecular complexity index is 635. The summed E-state index contributed by atoms with van der Waals surface area (Å²) in [6.45, 7) is 0. The van der Waals surface area contributed by atoms with Crippen LogP contribution in [0.5, 0.6) is 5.75 Å². The largest absolute Gasteiger partial charge is 0.461 e. The molecule has 7 heteroatoms. The molecule has 0 aliphatic heterocycles. The van der Waals surface area contributed by atoms with Crippen LogP contribution in [-0.4, -0.2) is 23.7 Å². The average molecular weight is 343 g/mol. The molecule has 0 bridgehead atoms. The van der Waals surface area contributed by atoms with Gasteiger partial charge in [0.25, 0.3) is 0 Å². The maximum Gasteiger partial charge on any atom is 0.461 e. The van der Waals surface area contributed by atoms with Crippen molar-refractivity contribution in [1.82, 2.24) is 0 Å². The fourth-order valence-corrected chi connectivity index (χ4v) is 2.16. The number of hydrogen-bond acceptors (Lipinski definition) is 3. The number of nitrogens with two attached hydrogens (primary N) is 1. The number of rotatable bonds is 7. The lowest BCUT2D eigenvalue weighted by Gasteiger charge is -2.20. The molecule has 2 rings (SSSR count). The highest BCUT2D eigenvalue weighted by molar-refractivity contribution is 5.30. The maximum absolute atomic E-state index is 12.8. The molecule has 0 fully saturated rings. The quantitative estimate of drug-likeness (QED) is 0.756. The van der Waals surface area contributed by atoms with E-state index < -0.39 is 30.4 Å². The normalized spacial score (nSPS) is 14.5. The van der Waals surface area contributed by atoms with Gasteiger partial charge in [0.2, 0.25) is 0 Å². The Labute approximate surface area is 136 Å². The van der Waals surface area contributed by atoms with E-state index in [-0.39, 0.29) is 0 Å². The van der Waals surface area contributed by atoms with Crippen molar-refractivity contribution in [2.24, 2.45) is 5.73 Å².